The van der Waals surface area contributed by atoms with E-state index in [0.29, 0.717) is 11.6 Å². The fourth-order valence-electron chi connectivity index (χ4n) is 3.45. The molecule has 1 unspecified atom stereocenters. The van der Waals surface area contributed by atoms with Gasteiger partial charge in [-0.25, -0.2) is 9.97 Å². The lowest BCUT2D eigenvalue weighted by atomic mass is 9.89. The van der Waals surface area contributed by atoms with Gasteiger partial charge in [0, 0.05) is 4.88 Å². The number of hydrogen-bond donors (Lipinski definition) is 0. The highest BCUT2D eigenvalue weighted by molar-refractivity contribution is 7.19. The molecule has 116 valence electrons. The first-order valence-electron chi connectivity index (χ1n) is 7.92. The molecule has 23 heavy (non-hydrogen) atoms. The summed E-state index contributed by atoms with van der Waals surface area (Å²) in [6, 6.07) is 3.75. The molecule has 0 radical (unpaired) electrons. The highest BCUT2D eigenvalue weighted by atomic mass is 32.1. The van der Waals surface area contributed by atoms with Gasteiger partial charge < -0.3 is 4.42 Å². The lowest BCUT2D eigenvalue weighted by molar-refractivity contribution is 0.509. The van der Waals surface area contributed by atoms with Crippen LogP contribution in [0.5, 0.6) is 0 Å². The second-order valence-electron chi connectivity index (χ2n) is 6.34. The van der Waals surface area contributed by atoms with E-state index < -0.39 is 0 Å². The molecule has 0 fully saturated rings. The largest absolute Gasteiger partial charge is 0.461 e. The number of aryl methyl sites for hydroxylation is 2. The monoisotopic (exact) mass is 324 g/mol. The number of fused-ring (bicyclic) bond motifs is 5. The molecule has 6 heteroatoms. The summed E-state index contributed by atoms with van der Waals surface area (Å²) in [4.78, 5) is 12.1. The average molecular weight is 324 g/mol. The number of nitrogens with zero attached hydrogens (tertiary/aromatic N) is 4. The van der Waals surface area contributed by atoms with Gasteiger partial charge in [-0.05, 0) is 49.8 Å². The quantitative estimate of drug-likeness (QED) is 0.530. The second-order valence-corrected chi connectivity index (χ2v) is 7.42. The predicted molar refractivity (Wildman–Crippen MR) is 89.8 cm³/mol. The zero-order valence-electron chi connectivity index (χ0n) is 13.0. The lowest BCUT2D eigenvalue weighted by Crippen LogP contribution is -2.08. The molecule has 0 saturated carbocycles. The third kappa shape index (κ3) is 1.88. The van der Waals surface area contributed by atoms with Gasteiger partial charge in [0.05, 0.1) is 11.6 Å². The molecule has 0 spiro atoms. The molecule has 4 aromatic heterocycles. The van der Waals surface area contributed by atoms with Crippen LogP contribution in [-0.2, 0) is 12.8 Å². The smallest absolute Gasteiger partial charge is 0.217 e. The van der Waals surface area contributed by atoms with E-state index in [4.69, 9.17) is 14.4 Å². The Morgan fingerprint density at radius 2 is 2.26 bits per heavy atom. The zero-order valence-corrected chi connectivity index (χ0v) is 13.9. The molecule has 1 aliphatic rings. The summed E-state index contributed by atoms with van der Waals surface area (Å²) in [7, 11) is 0. The first kappa shape index (κ1) is 13.2. The van der Waals surface area contributed by atoms with Crippen molar-refractivity contribution in [2.45, 2.75) is 33.1 Å². The molecule has 5 nitrogen and oxygen atoms in total. The zero-order chi connectivity index (χ0) is 15.6. The van der Waals surface area contributed by atoms with Crippen molar-refractivity contribution in [3.63, 3.8) is 0 Å². The summed E-state index contributed by atoms with van der Waals surface area (Å²) in [5.41, 5.74) is 2.34. The number of thiophene rings is 1. The van der Waals surface area contributed by atoms with E-state index in [-0.39, 0.29) is 0 Å². The van der Waals surface area contributed by atoms with E-state index >= 15 is 0 Å². The van der Waals surface area contributed by atoms with Crippen LogP contribution in [0, 0.1) is 12.8 Å². The van der Waals surface area contributed by atoms with Crippen molar-refractivity contribution in [2.24, 2.45) is 5.92 Å². The number of hydrogen-bond acceptors (Lipinski definition) is 5. The molecule has 5 rings (SSSR count). The van der Waals surface area contributed by atoms with Gasteiger partial charge in [0.15, 0.2) is 11.4 Å². The highest BCUT2D eigenvalue weighted by Crippen LogP contribution is 2.39. The molecule has 0 bridgehead atoms. The van der Waals surface area contributed by atoms with Crippen molar-refractivity contribution in [2.75, 3.05) is 0 Å². The molecule has 1 aliphatic carbocycles. The van der Waals surface area contributed by atoms with Gasteiger partial charge in [-0.15, -0.1) is 16.4 Å². The van der Waals surface area contributed by atoms with Crippen molar-refractivity contribution in [3.8, 4) is 11.6 Å². The van der Waals surface area contributed by atoms with Crippen molar-refractivity contribution in [3.05, 3.63) is 34.7 Å². The van der Waals surface area contributed by atoms with Gasteiger partial charge >= 0.3 is 0 Å². The molecule has 4 aromatic rings. The van der Waals surface area contributed by atoms with Crippen molar-refractivity contribution in [1.82, 2.24) is 19.6 Å². The lowest BCUT2D eigenvalue weighted by Gasteiger charge is -2.17. The summed E-state index contributed by atoms with van der Waals surface area (Å²) >= 11 is 1.82. The SMILES string of the molecule is Cc1nc2sc3c(c2c2nc(-c4ccco4)nn12)CCC(C)C3. The van der Waals surface area contributed by atoms with E-state index in [9.17, 15) is 0 Å². The Hall–Kier alpha value is -2.21. The van der Waals surface area contributed by atoms with Crippen molar-refractivity contribution in [1.29, 1.82) is 0 Å². The van der Waals surface area contributed by atoms with E-state index in [1.165, 1.54) is 22.2 Å². The Labute approximate surface area is 137 Å². The molecule has 1 atom stereocenters. The van der Waals surface area contributed by atoms with Gasteiger partial charge in [-0.3, -0.25) is 0 Å². The van der Waals surface area contributed by atoms with Gasteiger partial charge in [0.25, 0.3) is 0 Å². The third-order valence-electron chi connectivity index (χ3n) is 4.64. The van der Waals surface area contributed by atoms with Crippen LogP contribution in [-0.4, -0.2) is 19.6 Å². The van der Waals surface area contributed by atoms with Gasteiger partial charge in [0.2, 0.25) is 5.82 Å². The molecular weight excluding hydrogens is 308 g/mol. The summed E-state index contributed by atoms with van der Waals surface area (Å²) in [5.74, 6) is 2.93. The Bertz CT molecular complexity index is 1030. The summed E-state index contributed by atoms with van der Waals surface area (Å²) in [6.07, 6.45) is 5.15. The normalized spacial score (nSPS) is 17.9. The third-order valence-corrected chi connectivity index (χ3v) is 5.78. The summed E-state index contributed by atoms with van der Waals surface area (Å²) in [6.45, 7) is 4.31. The fraction of sp³-hybridized carbons (Fsp3) is 0.353. The minimum atomic E-state index is 0.622. The van der Waals surface area contributed by atoms with E-state index in [1.807, 2.05) is 34.9 Å². The van der Waals surface area contributed by atoms with Gasteiger partial charge in [-0.2, -0.15) is 4.52 Å². The fourth-order valence-corrected chi connectivity index (χ4v) is 4.87. The van der Waals surface area contributed by atoms with Crippen LogP contribution in [0.25, 0.3) is 27.4 Å². The Morgan fingerprint density at radius 3 is 3.09 bits per heavy atom. The molecule has 0 amide bonds. The van der Waals surface area contributed by atoms with Crippen LogP contribution >= 0.6 is 11.3 Å². The molecule has 0 saturated heterocycles. The van der Waals surface area contributed by atoms with E-state index in [1.54, 1.807) is 6.26 Å². The predicted octanol–water partition coefficient (Wildman–Crippen LogP) is 4.03. The Balaban J connectivity index is 1.84. The van der Waals surface area contributed by atoms with Crippen LogP contribution in [0.3, 0.4) is 0 Å². The van der Waals surface area contributed by atoms with Crippen LogP contribution in [0.15, 0.2) is 22.8 Å². The number of furan rings is 1. The van der Waals surface area contributed by atoms with Crippen molar-refractivity contribution < 1.29 is 4.42 Å². The molecule has 0 N–H and O–H groups in total. The average Bonchev–Trinajstić information content (AvgIpc) is 3.23. The summed E-state index contributed by atoms with van der Waals surface area (Å²) in [5, 5.41) is 5.79. The molecule has 4 heterocycles. The Kier molecular flexibility index (Phi) is 2.68. The van der Waals surface area contributed by atoms with Crippen LogP contribution < -0.4 is 0 Å². The van der Waals surface area contributed by atoms with Crippen LogP contribution in [0.4, 0.5) is 0 Å². The Morgan fingerprint density at radius 1 is 1.35 bits per heavy atom. The standard InChI is InChI=1S/C17H16N4OS/c1-9-5-6-11-13(8-9)23-17-14(11)16-19-15(12-4-3-7-22-12)20-21(16)10(2)18-17/h3-4,7,9H,5-6,8H2,1-2H3. The van der Waals surface area contributed by atoms with E-state index in [0.717, 1.165) is 35.1 Å². The van der Waals surface area contributed by atoms with E-state index in [2.05, 4.69) is 12.0 Å². The minimum absolute atomic E-state index is 0.622. The maximum absolute atomic E-state index is 5.45. The molecule has 0 aromatic carbocycles. The summed E-state index contributed by atoms with van der Waals surface area (Å²) < 4.78 is 7.31. The first-order chi connectivity index (χ1) is 11.2. The molecular formula is C17H16N4OS. The van der Waals surface area contributed by atoms with Crippen molar-refractivity contribution >= 4 is 27.2 Å². The number of rotatable bonds is 1. The second kappa shape index (κ2) is 4.64. The first-order valence-corrected chi connectivity index (χ1v) is 8.74. The number of aromatic nitrogens is 4. The minimum Gasteiger partial charge on any atom is -0.461 e. The van der Waals surface area contributed by atoms with Gasteiger partial charge in [0.1, 0.15) is 10.7 Å². The highest BCUT2D eigenvalue weighted by Gasteiger charge is 2.24. The van der Waals surface area contributed by atoms with Crippen LogP contribution in [0.2, 0.25) is 0 Å². The molecule has 0 aliphatic heterocycles. The maximum atomic E-state index is 5.45. The topological polar surface area (TPSA) is 56.2 Å². The maximum Gasteiger partial charge on any atom is 0.217 e. The van der Waals surface area contributed by atoms with Crippen LogP contribution in [0.1, 0.15) is 29.6 Å². The van der Waals surface area contributed by atoms with Gasteiger partial charge in [-0.1, -0.05) is 6.92 Å².